The molecule has 0 amide bonds. The number of nitrogens with zero attached hydrogens (tertiary/aromatic N) is 3. The van der Waals surface area contributed by atoms with E-state index in [1.807, 2.05) is 0 Å². The molecule has 0 atom stereocenters. The van der Waals surface area contributed by atoms with Crippen LogP contribution in [-0.2, 0) is 0 Å². The van der Waals surface area contributed by atoms with Crippen molar-refractivity contribution >= 4 is 23.6 Å². The molecule has 0 aliphatic heterocycles. The Morgan fingerprint density at radius 2 is 2.10 bits per heavy atom. The van der Waals surface area contributed by atoms with Crippen LogP contribution >= 0.6 is 11.6 Å². The molecule has 0 spiro atoms. The Hall–Kier alpha value is -1.16. The molecule has 0 radical (unpaired) electrons. The van der Waals surface area contributed by atoms with Crippen LogP contribution in [0.1, 0.15) is 5.82 Å². The molecule has 0 bridgehead atoms. The second-order valence-corrected chi connectivity index (χ2v) is 1.86. The first-order valence-electron chi connectivity index (χ1n) is 2.52. The summed E-state index contributed by atoms with van der Waals surface area (Å²) < 4.78 is 0. The number of rotatable bonds is 1. The molecule has 0 aliphatic rings. The van der Waals surface area contributed by atoms with E-state index < -0.39 is 0 Å². The van der Waals surface area contributed by atoms with Gasteiger partial charge in [-0.3, -0.25) is 0 Å². The highest BCUT2D eigenvalue weighted by Crippen LogP contribution is 2.02. The molecule has 1 heterocycles. The zero-order valence-electron chi connectivity index (χ0n) is 5.08. The molecule has 0 fully saturated rings. The monoisotopic (exact) mass is 156 g/mol. The number of halogens is 1. The third-order valence-corrected chi connectivity index (χ3v) is 0.994. The maximum Gasteiger partial charge on any atom is 0.227 e. The van der Waals surface area contributed by atoms with Crippen LogP contribution in [0.5, 0.6) is 0 Å². The number of nitrogens with two attached hydrogens (primary N) is 1. The molecular formula is C5H5ClN4. The smallest absolute Gasteiger partial charge is 0.227 e. The van der Waals surface area contributed by atoms with Crippen LogP contribution in [0.25, 0.3) is 6.08 Å². The van der Waals surface area contributed by atoms with Crippen LogP contribution in [0.4, 0.5) is 5.95 Å². The van der Waals surface area contributed by atoms with Crippen molar-refractivity contribution in [3.8, 4) is 0 Å². The average Bonchev–Trinajstić information content (AvgIpc) is 1.85. The van der Waals surface area contributed by atoms with E-state index in [0.717, 1.165) is 0 Å². The summed E-state index contributed by atoms with van der Waals surface area (Å²) in [6.07, 6.45) is 1.45. The SMILES string of the molecule is C=Cc1nc(N)nc(Cl)n1. The van der Waals surface area contributed by atoms with Gasteiger partial charge in [0.25, 0.3) is 0 Å². The van der Waals surface area contributed by atoms with Gasteiger partial charge in [-0.25, -0.2) is 0 Å². The quantitative estimate of drug-likeness (QED) is 0.652. The molecule has 0 aromatic carbocycles. The summed E-state index contributed by atoms with van der Waals surface area (Å²) in [4.78, 5) is 11.0. The van der Waals surface area contributed by atoms with E-state index in [0.29, 0.717) is 5.82 Å². The van der Waals surface area contributed by atoms with Gasteiger partial charge in [-0.2, -0.15) is 15.0 Å². The molecule has 10 heavy (non-hydrogen) atoms. The Labute approximate surface area is 62.8 Å². The van der Waals surface area contributed by atoms with E-state index in [9.17, 15) is 0 Å². The van der Waals surface area contributed by atoms with E-state index >= 15 is 0 Å². The summed E-state index contributed by atoms with van der Waals surface area (Å²) in [5, 5.41) is 0.0856. The zero-order valence-corrected chi connectivity index (χ0v) is 5.84. The summed E-state index contributed by atoms with van der Waals surface area (Å²) in [5.41, 5.74) is 5.24. The van der Waals surface area contributed by atoms with Gasteiger partial charge in [0.15, 0.2) is 5.82 Å². The number of nitrogen functional groups attached to an aromatic ring is 1. The maximum atomic E-state index is 5.44. The fraction of sp³-hybridized carbons (Fsp3) is 0. The second-order valence-electron chi connectivity index (χ2n) is 1.52. The molecule has 0 saturated carbocycles. The van der Waals surface area contributed by atoms with Crippen LogP contribution < -0.4 is 5.73 Å². The van der Waals surface area contributed by atoms with Gasteiger partial charge < -0.3 is 5.73 Å². The number of anilines is 1. The Kier molecular flexibility index (Phi) is 1.82. The largest absolute Gasteiger partial charge is 0.368 e. The average molecular weight is 157 g/mol. The van der Waals surface area contributed by atoms with Crippen LogP contribution in [-0.4, -0.2) is 15.0 Å². The molecule has 4 nitrogen and oxygen atoms in total. The molecule has 1 aromatic rings. The lowest BCUT2D eigenvalue weighted by Crippen LogP contribution is -1.99. The minimum absolute atomic E-state index is 0.0856. The summed E-state index contributed by atoms with van der Waals surface area (Å²) in [7, 11) is 0. The molecule has 0 aliphatic carbocycles. The lowest BCUT2D eigenvalue weighted by atomic mass is 10.6. The number of hydrogen-bond acceptors (Lipinski definition) is 4. The summed E-state index contributed by atoms with van der Waals surface area (Å²) in [6.45, 7) is 3.45. The van der Waals surface area contributed by atoms with Crippen molar-refractivity contribution in [1.82, 2.24) is 15.0 Å². The molecular weight excluding hydrogens is 152 g/mol. The van der Waals surface area contributed by atoms with E-state index in [2.05, 4.69) is 21.5 Å². The van der Waals surface area contributed by atoms with Crippen molar-refractivity contribution in [2.24, 2.45) is 0 Å². The van der Waals surface area contributed by atoms with Crippen molar-refractivity contribution < 1.29 is 0 Å². The lowest BCUT2D eigenvalue weighted by molar-refractivity contribution is 1.04. The molecule has 5 heteroatoms. The fourth-order valence-electron chi connectivity index (χ4n) is 0.473. The van der Waals surface area contributed by atoms with Crippen molar-refractivity contribution in [3.05, 3.63) is 17.7 Å². The Bertz CT molecular complexity index is 240. The topological polar surface area (TPSA) is 64.7 Å². The first kappa shape index (κ1) is 6.95. The fourth-order valence-corrected chi connectivity index (χ4v) is 0.646. The van der Waals surface area contributed by atoms with Gasteiger partial charge in [0, 0.05) is 0 Å². The van der Waals surface area contributed by atoms with Gasteiger partial charge >= 0.3 is 0 Å². The van der Waals surface area contributed by atoms with E-state index in [1.54, 1.807) is 0 Å². The predicted molar refractivity (Wildman–Crippen MR) is 39.3 cm³/mol. The van der Waals surface area contributed by atoms with Gasteiger partial charge in [0.2, 0.25) is 11.2 Å². The molecule has 0 saturated heterocycles. The Morgan fingerprint density at radius 1 is 1.40 bits per heavy atom. The first-order valence-corrected chi connectivity index (χ1v) is 2.89. The second kappa shape index (κ2) is 2.62. The van der Waals surface area contributed by atoms with E-state index in [4.69, 9.17) is 17.3 Å². The van der Waals surface area contributed by atoms with Crippen LogP contribution in [0.2, 0.25) is 5.28 Å². The van der Waals surface area contributed by atoms with Gasteiger partial charge in [-0.15, -0.1) is 0 Å². The number of aromatic nitrogens is 3. The Balaban J connectivity index is 3.18. The van der Waals surface area contributed by atoms with Crippen LogP contribution in [0, 0.1) is 0 Å². The van der Waals surface area contributed by atoms with Crippen LogP contribution in [0.3, 0.4) is 0 Å². The normalized spacial score (nSPS) is 9.30. The number of hydrogen-bond donors (Lipinski definition) is 1. The third-order valence-electron chi connectivity index (χ3n) is 0.825. The predicted octanol–water partition coefficient (Wildman–Crippen LogP) is 0.750. The van der Waals surface area contributed by atoms with Gasteiger partial charge in [-0.1, -0.05) is 6.58 Å². The summed E-state index contributed by atoms with van der Waals surface area (Å²) in [5.74, 6) is 0.493. The van der Waals surface area contributed by atoms with Crippen molar-refractivity contribution in [2.75, 3.05) is 5.73 Å². The summed E-state index contributed by atoms with van der Waals surface area (Å²) in [6, 6.07) is 0. The van der Waals surface area contributed by atoms with Gasteiger partial charge in [0.1, 0.15) is 0 Å². The van der Waals surface area contributed by atoms with Crippen molar-refractivity contribution in [2.45, 2.75) is 0 Å². The molecule has 1 aromatic heterocycles. The highest BCUT2D eigenvalue weighted by Gasteiger charge is 1.96. The minimum Gasteiger partial charge on any atom is -0.368 e. The molecule has 0 unspecified atom stereocenters. The third kappa shape index (κ3) is 1.41. The Morgan fingerprint density at radius 3 is 2.60 bits per heavy atom. The van der Waals surface area contributed by atoms with E-state index in [-0.39, 0.29) is 11.2 Å². The van der Waals surface area contributed by atoms with Crippen molar-refractivity contribution in [3.63, 3.8) is 0 Å². The highest BCUT2D eigenvalue weighted by molar-refractivity contribution is 6.28. The maximum absolute atomic E-state index is 5.44. The zero-order chi connectivity index (χ0) is 7.56. The molecule has 2 N–H and O–H groups in total. The standard InChI is InChI=1S/C5H5ClN4/c1-2-3-8-4(6)10-5(7)9-3/h2H,1H2,(H2,7,8,9,10). The minimum atomic E-state index is 0.0856. The first-order chi connectivity index (χ1) is 4.72. The molecule has 1 rings (SSSR count). The summed E-state index contributed by atoms with van der Waals surface area (Å²) >= 11 is 5.44. The van der Waals surface area contributed by atoms with E-state index in [1.165, 1.54) is 6.08 Å². The van der Waals surface area contributed by atoms with Gasteiger partial charge in [-0.05, 0) is 17.7 Å². The van der Waals surface area contributed by atoms with Crippen molar-refractivity contribution in [1.29, 1.82) is 0 Å². The van der Waals surface area contributed by atoms with Gasteiger partial charge in [0.05, 0.1) is 0 Å². The van der Waals surface area contributed by atoms with Crippen LogP contribution in [0.15, 0.2) is 6.58 Å². The molecule has 52 valence electrons. The highest BCUT2D eigenvalue weighted by atomic mass is 35.5. The lowest BCUT2D eigenvalue weighted by Gasteiger charge is -1.93.